The largest absolute Gasteiger partial charge is 0.461 e. The summed E-state index contributed by atoms with van der Waals surface area (Å²) in [6.45, 7) is 8.82. The molecule has 0 fully saturated rings. The van der Waals surface area contributed by atoms with Crippen LogP contribution in [0.2, 0.25) is 0 Å². The highest BCUT2D eigenvalue weighted by Gasteiger charge is 2.16. The van der Waals surface area contributed by atoms with Gasteiger partial charge in [-0.3, -0.25) is 0 Å². The summed E-state index contributed by atoms with van der Waals surface area (Å²) in [7, 11) is 1.99. The number of nitrogens with one attached hydrogen (secondary N) is 1. The van der Waals surface area contributed by atoms with Crippen LogP contribution in [0.4, 0.5) is 11.9 Å². The number of ether oxygens (including phenoxy) is 1. The van der Waals surface area contributed by atoms with Crippen LogP contribution in [-0.2, 0) is 0 Å². The molecule has 0 aliphatic carbocycles. The molecule has 0 aromatic carbocycles. The fourth-order valence-electron chi connectivity index (χ4n) is 1.55. The Morgan fingerprint density at radius 2 is 1.95 bits per heavy atom. The molecule has 1 atom stereocenters. The van der Waals surface area contributed by atoms with E-state index in [0.29, 0.717) is 23.9 Å². The molecular weight excluding hydrogens is 274 g/mol. The molecule has 1 heterocycles. The predicted octanol–water partition coefficient (Wildman–Crippen LogP) is 2.28. The molecule has 0 amide bonds. The van der Waals surface area contributed by atoms with Crippen molar-refractivity contribution in [3.8, 4) is 6.01 Å². The van der Waals surface area contributed by atoms with E-state index in [1.807, 2.05) is 32.7 Å². The van der Waals surface area contributed by atoms with Crippen LogP contribution in [0.5, 0.6) is 6.01 Å². The van der Waals surface area contributed by atoms with Gasteiger partial charge >= 0.3 is 6.01 Å². The highest BCUT2D eigenvalue weighted by Crippen LogP contribution is 2.17. The summed E-state index contributed by atoms with van der Waals surface area (Å²) in [5.41, 5.74) is 0. The molecule has 0 bridgehead atoms. The van der Waals surface area contributed by atoms with E-state index in [1.54, 1.807) is 11.8 Å². The predicted molar refractivity (Wildman–Crippen MR) is 86.0 cm³/mol. The molecular formula is C13H25N5OS. The van der Waals surface area contributed by atoms with Crippen molar-refractivity contribution in [2.75, 3.05) is 35.8 Å². The molecule has 0 aliphatic rings. The molecule has 20 heavy (non-hydrogen) atoms. The van der Waals surface area contributed by atoms with E-state index < -0.39 is 0 Å². The van der Waals surface area contributed by atoms with Crippen molar-refractivity contribution in [3.05, 3.63) is 0 Å². The van der Waals surface area contributed by atoms with Crippen LogP contribution in [0.1, 0.15) is 27.7 Å². The van der Waals surface area contributed by atoms with Crippen molar-refractivity contribution in [2.45, 2.75) is 39.8 Å². The molecule has 7 heteroatoms. The quantitative estimate of drug-likeness (QED) is 0.790. The Morgan fingerprint density at radius 3 is 2.50 bits per heavy atom. The van der Waals surface area contributed by atoms with Gasteiger partial charge in [-0.15, -0.1) is 0 Å². The Bertz CT molecular complexity index is 416. The first kappa shape index (κ1) is 16.8. The van der Waals surface area contributed by atoms with Crippen LogP contribution in [0.15, 0.2) is 0 Å². The van der Waals surface area contributed by atoms with Gasteiger partial charge in [0, 0.05) is 25.4 Å². The Hall–Kier alpha value is -1.24. The van der Waals surface area contributed by atoms with Crippen LogP contribution in [0, 0.1) is 0 Å². The summed E-state index contributed by atoms with van der Waals surface area (Å²) < 4.78 is 5.60. The molecule has 0 saturated heterocycles. The minimum Gasteiger partial charge on any atom is -0.461 e. The number of anilines is 2. The lowest BCUT2D eigenvalue weighted by Crippen LogP contribution is -2.32. The Morgan fingerprint density at radius 1 is 1.25 bits per heavy atom. The number of rotatable bonds is 8. The lowest BCUT2D eigenvalue weighted by atomic mass is 10.3. The van der Waals surface area contributed by atoms with Gasteiger partial charge in [0.15, 0.2) is 0 Å². The summed E-state index contributed by atoms with van der Waals surface area (Å²) >= 11 is 1.80. The van der Waals surface area contributed by atoms with Crippen LogP contribution in [-0.4, -0.2) is 52.7 Å². The average molecular weight is 299 g/mol. The standard InChI is InChI=1S/C13H25N5OS/c1-7-14-11-15-12(18(5)10(4)8-20-6)17-13(16-11)19-9(2)3/h9-10H,7-8H2,1-6H3,(H,14,15,16,17). The van der Waals surface area contributed by atoms with Gasteiger partial charge in [0.2, 0.25) is 11.9 Å². The molecule has 0 radical (unpaired) electrons. The molecule has 1 aromatic heterocycles. The minimum atomic E-state index is 0.0358. The number of hydrogen-bond acceptors (Lipinski definition) is 7. The van der Waals surface area contributed by atoms with E-state index in [0.717, 1.165) is 12.3 Å². The van der Waals surface area contributed by atoms with E-state index in [-0.39, 0.29) is 6.10 Å². The highest BCUT2D eigenvalue weighted by molar-refractivity contribution is 7.98. The molecule has 1 unspecified atom stereocenters. The average Bonchev–Trinajstić information content (AvgIpc) is 2.37. The van der Waals surface area contributed by atoms with Crippen molar-refractivity contribution in [2.24, 2.45) is 0 Å². The number of thioether (sulfide) groups is 1. The second-order valence-electron chi connectivity index (χ2n) is 4.85. The second kappa shape index (κ2) is 8.14. The van der Waals surface area contributed by atoms with E-state index >= 15 is 0 Å². The maximum absolute atomic E-state index is 5.60. The Balaban J connectivity index is 3.00. The number of aromatic nitrogens is 3. The normalized spacial score (nSPS) is 12.3. The lowest BCUT2D eigenvalue weighted by Gasteiger charge is -2.24. The highest BCUT2D eigenvalue weighted by atomic mass is 32.2. The first-order valence-electron chi connectivity index (χ1n) is 6.86. The minimum absolute atomic E-state index is 0.0358. The molecule has 6 nitrogen and oxygen atoms in total. The monoisotopic (exact) mass is 299 g/mol. The van der Waals surface area contributed by atoms with Crippen LogP contribution < -0.4 is 15.0 Å². The molecule has 0 saturated carbocycles. The summed E-state index contributed by atoms with van der Waals surface area (Å²) in [5, 5.41) is 3.11. The van der Waals surface area contributed by atoms with Gasteiger partial charge in [0.1, 0.15) is 0 Å². The van der Waals surface area contributed by atoms with Gasteiger partial charge in [-0.05, 0) is 34.0 Å². The maximum atomic E-state index is 5.60. The summed E-state index contributed by atoms with van der Waals surface area (Å²) in [5.74, 6) is 2.20. The van der Waals surface area contributed by atoms with Crippen molar-refractivity contribution >= 4 is 23.7 Å². The van der Waals surface area contributed by atoms with Crippen LogP contribution in [0.25, 0.3) is 0 Å². The van der Waals surface area contributed by atoms with Crippen molar-refractivity contribution in [1.82, 2.24) is 15.0 Å². The van der Waals surface area contributed by atoms with Gasteiger partial charge in [0.05, 0.1) is 6.10 Å². The van der Waals surface area contributed by atoms with Crippen molar-refractivity contribution in [1.29, 1.82) is 0 Å². The van der Waals surface area contributed by atoms with E-state index in [2.05, 4.69) is 33.4 Å². The fourth-order valence-corrected chi connectivity index (χ4v) is 2.26. The third-order valence-corrected chi connectivity index (χ3v) is 3.48. The van der Waals surface area contributed by atoms with Gasteiger partial charge in [-0.2, -0.15) is 26.7 Å². The van der Waals surface area contributed by atoms with Crippen molar-refractivity contribution in [3.63, 3.8) is 0 Å². The summed E-state index contributed by atoms with van der Waals surface area (Å²) in [6.07, 6.45) is 2.13. The van der Waals surface area contributed by atoms with Gasteiger partial charge in [-0.25, -0.2) is 0 Å². The zero-order valence-corrected chi connectivity index (χ0v) is 14.0. The molecule has 1 N–H and O–H groups in total. The molecule has 1 aromatic rings. The summed E-state index contributed by atoms with van der Waals surface area (Å²) in [4.78, 5) is 15.1. The first-order chi connectivity index (χ1) is 9.47. The molecule has 114 valence electrons. The fraction of sp³-hybridized carbons (Fsp3) is 0.769. The van der Waals surface area contributed by atoms with Crippen molar-refractivity contribution < 1.29 is 4.74 Å². The molecule has 0 aliphatic heterocycles. The zero-order valence-electron chi connectivity index (χ0n) is 13.2. The lowest BCUT2D eigenvalue weighted by molar-refractivity contribution is 0.222. The smallest absolute Gasteiger partial charge is 0.323 e. The Kier molecular flexibility index (Phi) is 6.84. The van der Waals surface area contributed by atoms with Crippen LogP contribution >= 0.6 is 11.8 Å². The molecule has 0 spiro atoms. The van der Waals surface area contributed by atoms with E-state index in [4.69, 9.17) is 4.74 Å². The third kappa shape index (κ3) is 5.03. The number of hydrogen-bond donors (Lipinski definition) is 1. The van der Waals surface area contributed by atoms with Gasteiger partial charge in [0.25, 0.3) is 0 Å². The number of nitrogens with zero attached hydrogens (tertiary/aromatic N) is 4. The molecule has 1 rings (SSSR count). The second-order valence-corrected chi connectivity index (χ2v) is 5.76. The van der Waals surface area contributed by atoms with E-state index in [9.17, 15) is 0 Å². The van der Waals surface area contributed by atoms with E-state index in [1.165, 1.54) is 0 Å². The maximum Gasteiger partial charge on any atom is 0.323 e. The SMILES string of the molecule is CCNc1nc(OC(C)C)nc(N(C)C(C)CSC)n1. The zero-order chi connectivity index (χ0) is 15.1. The van der Waals surface area contributed by atoms with Crippen LogP contribution in [0.3, 0.4) is 0 Å². The first-order valence-corrected chi connectivity index (χ1v) is 8.25. The summed E-state index contributed by atoms with van der Waals surface area (Å²) in [6, 6.07) is 0.706. The Labute approximate surface area is 125 Å². The van der Waals surface area contributed by atoms with Gasteiger partial charge in [-0.1, -0.05) is 0 Å². The topological polar surface area (TPSA) is 63.2 Å². The van der Waals surface area contributed by atoms with Gasteiger partial charge < -0.3 is 15.0 Å². The third-order valence-electron chi connectivity index (χ3n) is 2.66.